The third kappa shape index (κ3) is 3.70. The van der Waals surface area contributed by atoms with Crippen LogP contribution in [-0.2, 0) is 17.8 Å². The lowest BCUT2D eigenvalue weighted by atomic mass is 9.91. The lowest BCUT2D eigenvalue weighted by molar-refractivity contribution is -0.136. The normalized spacial score (nSPS) is 10.5. The van der Waals surface area contributed by atoms with E-state index in [9.17, 15) is 9.90 Å². The summed E-state index contributed by atoms with van der Waals surface area (Å²) in [6, 6.07) is 7.66. The van der Waals surface area contributed by atoms with E-state index in [1.165, 1.54) is 0 Å². The summed E-state index contributed by atoms with van der Waals surface area (Å²) in [5.41, 5.74) is 6.03. The van der Waals surface area contributed by atoms with Crippen LogP contribution in [0.15, 0.2) is 24.3 Å². The Hall–Kier alpha value is -2.49. The number of carboxylic acids is 1. The molecule has 0 aromatic heterocycles. The molecule has 24 heavy (non-hydrogen) atoms. The predicted molar refractivity (Wildman–Crippen MR) is 94.1 cm³/mol. The van der Waals surface area contributed by atoms with Crippen LogP contribution in [0.1, 0.15) is 33.4 Å². The van der Waals surface area contributed by atoms with Gasteiger partial charge in [0.1, 0.15) is 18.1 Å². The molecule has 0 spiro atoms. The van der Waals surface area contributed by atoms with E-state index < -0.39 is 5.97 Å². The van der Waals surface area contributed by atoms with Crippen LogP contribution < -0.4 is 9.47 Å². The molecule has 0 saturated carbocycles. The molecular weight excluding hydrogens is 304 g/mol. The van der Waals surface area contributed by atoms with Crippen LogP contribution in [0.3, 0.4) is 0 Å². The smallest absolute Gasteiger partial charge is 0.307 e. The number of ether oxygens (including phenoxy) is 2. The number of carboxylic acid groups (broad SMARTS) is 1. The first-order valence-electron chi connectivity index (χ1n) is 7.91. The number of methoxy groups -OCH3 is 1. The first-order chi connectivity index (χ1) is 11.3. The molecule has 0 aliphatic carbocycles. The zero-order valence-electron chi connectivity index (χ0n) is 14.9. The van der Waals surface area contributed by atoms with E-state index in [0.717, 1.165) is 39.1 Å². The zero-order chi connectivity index (χ0) is 17.9. The van der Waals surface area contributed by atoms with Crippen molar-refractivity contribution >= 4 is 5.97 Å². The van der Waals surface area contributed by atoms with Gasteiger partial charge in [-0.05, 0) is 67.6 Å². The second-order valence-electron chi connectivity index (χ2n) is 6.01. The van der Waals surface area contributed by atoms with Gasteiger partial charge in [-0.25, -0.2) is 0 Å². The highest BCUT2D eigenvalue weighted by molar-refractivity contribution is 5.73. The molecule has 4 nitrogen and oxygen atoms in total. The van der Waals surface area contributed by atoms with Crippen molar-refractivity contribution in [2.75, 3.05) is 7.11 Å². The number of rotatable bonds is 6. The summed E-state index contributed by atoms with van der Waals surface area (Å²) in [6.45, 7) is 8.40. The van der Waals surface area contributed by atoms with E-state index in [-0.39, 0.29) is 6.42 Å². The molecule has 2 aromatic rings. The van der Waals surface area contributed by atoms with E-state index in [2.05, 4.69) is 0 Å². The quantitative estimate of drug-likeness (QED) is 0.866. The Morgan fingerprint density at radius 1 is 0.958 bits per heavy atom. The number of carbonyl (C=O) groups is 1. The molecule has 0 heterocycles. The summed E-state index contributed by atoms with van der Waals surface area (Å²) in [6.07, 6.45) is -0.0360. The molecule has 128 valence electrons. The molecule has 4 heteroatoms. The lowest BCUT2D eigenvalue weighted by Gasteiger charge is -2.20. The van der Waals surface area contributed by atoms with Crippen molar-refractivity contribution in [3.63, 3.8) is 0 Å². The lowest BCUT2D eigenvalue weighted by Crippen LogP contribution is -2.10. The number of hydrogen-bond acceptors (Lipinski definition) is 3. The maximum atomic E-state index is 11.3. The number of benzene rings is 2. The van der Waals surface area contributed by atoms with Gasteiger partial charge in [0.25, 0.3) is 0 Å². The minimum absolute atomic E-state index is 0.0360. The molecule has 2 aromatic carbocycles. The van der Waals surface area contributed by atoms with Crippen LogP contribution in [0.2, 0.25) is 0 Å². The molecule has 0 atom stereocenters. The van der Waals surface area contributed by atoms with Gasteiger partial charge in [-0.1, -0.05) is 12.1 Å². The SMILES string of the molecule is COc1ccc(COc2c(C)c(C)c(C)c(C)c2CC(=O)O)cc1. The Kier molecular flexibility index (Phi) is 5.50. The highest BCUT2D eigenvalue weighted by Crippen LogP contribution is 2.34. The molecule has 0 bridgehead atoms. The second kappa shape index (κ2) is 7.39. The summed E-state index contributed by atoms with van der Waals surface area (Å²) in [7, 11) is 1.63. The molecule has 0 aliphatic rings. The van der Waals surface area contributed by atoms with Crippen molar-refractivity contribution in [1.29, 1.82) is 0 Å². The van der Waals surface area contributed by atoms with Crippen LogP contribution in [0, 0.1) is 27.7 Å². The van der Waals surface area contributed by atoms with Crippen molar-refractivity contribution in [3.8, 4) is 11.5 Å². The topological polar surface area (TPSA) is 55.8 Å². The van der Waals surface area contributed by atoms with E-state index in [0.29, 0.717) is 12.4 Å². The minimum Gasteiger partial charge on any atom is -0.497 e. The minimum atomic E-state index is -0.852. The van der Waals surface area contributed by atoms with Gasteiger partial charge in [0.15, 0.2) is 0 Å². The predicted octanol–water partition coefficient (Wildman–Crippen LogP) is 4.13. The molecular formula is C20H24O4. The number of hydrogen-bond donors (Lipinski definition) is 1. The summed E-state index contributed by atoms with van der Waals surface area (Å²) < 4.78 is 11.2. The van der Waals surface area contributed by atoms with E-state index in [1.54, 1.807) is 7.11 Å². The maximum absolute atomic E-state index is 11.3. The van der Waals surface area contributed by atoms with E-state index in [1.807, 2.05) is 52.0 Å². The van der Waals surface area contributed by atoms with Gasteiger partial charge in [0, 0.05) is 5.56 Å². The monoisotopic (exact) mass is 328 g/mol. The Morgan fingerprint density at radius 3 is 2.08 bits per heavy atom. The van der Waals surface area contributed by atoms with Crippen molar-refractivity contribution in [3.05, 3.63) is 57.6 Å². The summed E-state index contributed by atoms with van der Waals surface area (Å²) in [5.74, 6) is 0.632. The fourth-order valence-corrected chi connectivity index (χ4v) is 2.79. The fraction of sp³-hybridized carbons (Fsp3) is 0.350. The fourth-order valence-electron chi connectivity index (χ4n) is 2.79. The van der Waals surface area contributed by atoms with Gasteiger partial charge >= 0.3 is 5.97 Å². The third-order valence-corrected chi connectivity index (χ3v) is 4.63. The van der Waals surface area contributed by atoms with Gasteiger partial charge in [0.2, 0.25) is 0 Å². The molecule has 0 unspecified atom stereocenters. The zero-order valence-corrected chi connectivity index (χ0v) is 14.9. The van der Waals surface area contributed by atoms with Crippen LogP contribution in [0.25, 0.3) is 0 Å². The first-order valence-corrected chi connectivity index (χ1v) is 7.91. The van der Waals surface area contributed by atoms with Crippen LogP contribution >= 0.6 is 0 Å². The largest absolute Gasteiger partial charge is 0.497 e. The maximum Gasteiger partial charge on any atom is 0.307 e. The van der Waals surface area contributed by atoms with Gasteiger partial charge in [-0.2, -0.15) is 0 Å². The average Bonchev–Trinajstić information content (AvgIpc) is 2.57. The number of aliphatic carboxylic acids is 1. The standard InChI is InChI=1S/C20H24O4/c1-12-13(2)15(4)20(18(14(12)3)10-19(21)22)24-11-16-6-8-17(23-5)9-7-16/h6-9H,10-11H2,1-5H3,(H,21,22). The van der Waals surface area contributed by atoms with Crippen LogP contribution in [0.5, 0.6) is 11.5 Å². The van der Waals surface area contributed by atoms with E-state index in [4.69, 9.17) is 9.47 Å². The Labute approximate surface area is 143 Å². The van der Waals surface area contributed by atoms with Gasteiger partial charge in [0.05, 0.1) is 13.5 Å². The molecule has 0 fully saturated rings. The van der Waals surface area contributed by atoms with Crippen molar-refractivity contribution in [1.82, 2.24) is 0 Å². The van der Waals surface area contributed by atoms with Crippen LogP contribution in [0.4, 0.5) is 0 Å². The van der Waals surface area contributed by atoms with Gasteiger partial charge < -0.3 is 14.6 Å². The Morgan fingerprint density at radius 2 is 1.54 bits per heavy atom. The van der Waals surface area contributed by atoms with Gasteiger partial charge in [-0.15, -0.1) is 0 Å². The molecule has 0 saturated heterocycles. The second-order valence-corrected chi connectivity index (χ2v) is 6.01. The van der Waals surface area contributed by atoms with Gasteiger partial charge in [-0.3, -0.25) is 4.79 Å². The highest BCUT2D eigenvalue weighted by atomic mass is 16.5. The Bertz CT molecular complexity index is 745. The van der Waals surface area contributed by atoms with E-state index >= 15 is 0 Å². The summed E-state index contributed by atoms with van der Waals surface area (Å²) in [4.78, 5) is 11.3. The summed E-state index contributed by atoms with van der Waals surface area (Å²) >= 11 is 0. The third-order valence-electron chi connectivity index (χ3n) is 4.63. The van der Waals surface area contributed by atoms with Crippen molar-refractivity contribution in [2.24, 2.45) is 0 Å². The molecule has 0 aliphatic heterocycles. The molecule has 0 amide bonds. The van der Waals surface area contributed by atoms with Crippen molar-refractivity contribution < 1.29 is 19.4 Å². The Balaban J connectivity index is 2.35. The molecule has 0 radical (unpaired) electrons. The van der Waals surface area contributed by atoms with Crippen LogP contribution in [-0.4, -0.2) is 18.2 Å². The first kappa shape index (κ1) is 17.9. The highest BCUT2D eigenvalue weighted by Gasteiger charge is 2.18. The summed E-state index contributed by atoms with van der Waals surface area (Å²) in [5, 5.41) is 9.24. The van der Waals surface area contributed by atoms with Crippen molar-refractivity contribution in [2.45, 2.75) is 40.7 Å². The average molecular weight is 328 g/mol. The molecule has 2 rings (SSSR count). The molecule has 1 N–H and O–H groups in total.